The summed E-state index contributed by atoms with van der Waals surface area (Å²) >= 11 is 8.76. The summed E-state index contributed by atoms with van der Waals surface area (Å²) < 4.78 is 0.596. The van der Waals surface area contributed by atoms with Crippen LogP contribution in [0.4, 0.5) is 0 Å². The molecular weight excluding hydrogens is 514 g/mol. The van der Waals surface area contributed by atoms with Crippen LogP contribution in [-0.2, 0) is 24.7 Å². The van der Waals surface area contributed by atoms with Crippen LogP contribution in [0.3, 0.4) is 0 Å². The summed E-state index contributed by atoms with van der Waals surface area (Å²) in [4.78, 5) is 0. The van der Waals surface area contributed by atoms with Gasteiger partial charge in [-0.05, 0) is 0 Å². The van der Waals surface area contributed by atoms with E-state index >= 15 is 0 Å². The third-order valence-corrected chi connectivity index (χ3v) is 14.2. The second kappa shape index (κ2) is 7.50. The van der Waals surface area contributed by atoms with E-state index in [2.05, 4.69) is 73.7 Å². The zero-order chi connectivity index (χ0) is 18.3. The van der Waals surface area contributed by atoms with E-state index in [1.165, 1.54) is 38.9 Å². The minimum atomic E-state index is -1.78. The molecule has 0 bridgehead atoms. The van der Waals surface area contributed by atoms with Crippen LogP contribution in [0.25, 0.3) is 16.3 Å². The van der Waals surface area contributed by atoms with Gasteiger partial charge < -0.3 is 24.8 Å². The van der Waals surface area contributed by atoms with Gasteiger partial charge in [-0.2, -0.15) is 0 Å². The van der Waals surface area contributed by atoms with Gasteiger partial charge in [0.05, 0.1) is 0 Å². The summed E-state index contributed by atoms with van der Waals surface area (Å²) in [5, 5.41) is 3.23. The number of rotatable bonds is 2. The number of hydrogen-bond donors (Lipinski definition) is 0. The molecule has 0 radical (unpaired) electrons. The summed E-state index contributed by atoms with van der Waals surface area (Å²) in [5.41, 5.74) is 10.2. The SMILES string of the molecule is CC[Si]1(Cl)C2=C1[CH]([Zr+2])c1cccc(C3c4ccccc4-c4ccccc43)c12.[Cl-].[Cl-]. The average Bonchev–Trinajstić information content (AvgIpc) is 3.02. The van der Waals surface area contributed by atoms with Gasteiger partial charge in [-0.3, -0.25) is 0 Å². The zero-order valence-electron chi connectivity index (χ0n) is 15.8. The summed E-state index contributed by atoms with van der Waals surface area (Å²) in [6, 6.07) is 26.0. The normalized spacial score (nSPS) is 22.8. The quantitative estimate of drug-likeness (QED) is 0.261. The molecule has 0 fully saturated rings. The topological polar surface area (TPSA) is 0 Å². The molecule has 2 aliphatic carbocycles. The van der Waals surface area contributed by atoms with Crippen LogP contribution in [0.15, 0.2) is 71.9 Å². The van der Waals surface area contributed by atoms with Gasteiger partial charge in [-0.15, -0.1) is 0 Å². The van der Waals surface area contributed by atoms with Crippen molar-refractivity contribution in [1.29, 1.82) is 0 Å². The average molecular weight is 532 g/mol. The van der Waals surface area contributed by atoms with E-state index in [1.807, 2.05) is 0 Å². The summed E-state index contributed by atoms with van der Waals surface area (Å²) in [6.45, 7) is 2.28. The van der Waals surface area contributed by atoms with Crippen LogP contribution < -0.4 is 24.8 Å². The molecule has 1 heterocycles. The van der Waals surface area contributed by atoms with Gasteiger partial charge in [0.1, 0.15) is 0 Å². The third kappa shape index (κ3) is 2.73. The Morgan fingerprint density at radius 3 is 1.90 bits per heavy atom. The van der Waals surface area contributed by atoms with Crippen molar-refractivity contribution in [3.63, 3.8) is 0 Å². The van der Waals surface area contributed by atoms with Crippen LogP contribution >= 0.6 is 11.1 Å². The number of fused-ring (bicyclic) bond motifs is 5. The first-order chi connectivity index (χ1) is 13.2. The van der Waals surface area contributed by atoms with Crippen molar-refractivity contribution in [3.05, 3.63) is 99.7 Å². The number of allylic oxidation sites excluding steroid dienone is 1. The van der Waals surface area contributed by atoms with Crippen molar-refractivity contribution >= 4 is 23.7 Å². The molecular formula is C24H18Cl3SiZr. The fourth-order valence-electron chi connectivity index (χ4n) is 5.40. The molecule has 0 amide bonds. The molecule has 0 aromatic heterocycles. The Kier molecular flexibility index (Phi) is 5.59. The maximum absolute atomic E-state index is 7.18. The van der Waals surface area contributed by atoms with E-state index in [4.69, 9.17) is 11.1 Å². The first kappa shape index (κ1) is 21.6. The second-order valence-corrected chi connectivity index (χ2v) is 14.5. The third-order valence-electron chi connectivity index (χ3n) is 6.64. The minimum absolute atomic E-state index is 0. The Labute approximate surface area is 205 Å². The van der Waals surface area contributed by atoms with Crippen molar-refractivity contribution in [1.82, 2.24) is 0 Å². The van der Waals surface area contributed by atoms with E-state index in [9.17, 15) is 0 Å². The van der Waals surface area contributed by atoms with Crippen LogP contribution in [0.5, 0.6) is 0 Å². The smallest absolute Gasteiger partial charge is 1.00 e. The van der Waals surface area contributed by atoms with Crippen molar-refractivity contribution in [3.8, 4) is 11.1 Å². The Hall–Kier alpha value is -0.630. The predicted molar refractivity (Wildman–Crippen MR) is 111 cm³/mol. The van der Waals surface area contributed by atoms with Crippen molar-refractivity contribution in [2.24, 2.45) is 0 Å². The van der Waals surface area contributed by atoms with E-state index in [0.717, 1.165) is 6.04 Å². The molecule has 2 unspecified atom stereocenters. The fraction of sp³-hybridized carbons (Fsp3) is 0.167. The van der Waals surface area contributed by atoms with Crippen LogP contribution in [0, 0.1) is 0 Å². The van der Waals surface area contributed by atoms with E-state index < -0.39 is 7.38 Å². The van der Waals surface area contributed by atoms with Crippen LogP contribution in [0.1, 0.15) is 44.3 Å². The second-order valence-electron chi connectivity index (χ2n) is 7.80. The van der Waals surface area contributed by atoms with Crippen molar-refractivity contribution < 1.29 is 49.5 Å². The van der Waals surface area contributed by atoms with Gasteiger partial charge >= 0.3 is 182 Å². The van der Waals surface area contributed by atoms with Crippen LogP contribution in [0.2, 0.25) is 6.04 Å². The zero-order valence-corrected chi connectivity index (χ0v) is 21.6. The summed E-state index contributed by atoms with van der Waals surface area (Å²) in [5.74, 6) is 0.328. The molecule has 3 aromatic rings. The van der Waals surface area contributed by atoms with Gasteiger partial charge in [0.25, 0.3) is 0 Å². The molecule has 0 saturated carbocycles. The van der Waals surface area contributed by atoms with Gasteiger partial charge in [-0.1, -0.05) is 0 Å². The first-order valence-electron chi connectivity index (χ1n) is 9.63. The van der Waals surface area contributed by atoms with Crippen molar-refractivity contribution in [2.45, 2.75) is 22.5 Å². The molecule has 3 aromatic carbocycles. The van der Waals surface area contributed by atoms with E-state index in [0.29, 0.717) is 9.54 Å². The van der Waals surface area contributed by atoms with Gasteiger partial charge in [0, 0.05) is 0 Å². The molecule has 3 aliphatic rings. The Bertz CT molecular complexity index is 1130. The van der Waals surface area contributed by atoms with Gasteiger partial charge in [0.2, 0.25) is 0 Å². The van der Waals surface area contributed by atoms with Gasteiger partial charge in [-0.25, -0.2) is 0 Å². The molecule has 6 rings (SSSR count). The number of halogens is 3. The standard InChI is InChI=1S/C24H18ClSi.2ClH.Zr/c1-2-26(25)21-14-15-8-7-13-20(22(15)24(21)26)23-18-11-5-3-9-16(18)17-10-4-6-12-19(17)23;;;/h3-14,23H,2H2,1H3;2*1H;/q;;;+2/p-2. The molecule has 0 saturated heterocycles. The van der Waals surface area contributed by atoms with Crippen LogP contribution in [-0.4, -0.2) is 7.38 Å². The van der Waals surface area contributed by atoms with Gasteiger partial charge in [0.15, 0.2) is 0 Å². The number of hydrogen-bond acceptors (Lipinski definition) is 0. The molecule has 0 nitrogen and oxygen atoms in total. The molecule has 29 heavy (non-hydrogen) atoms. The molecule has 1 aliphatic heterocycles. The largest absolute Gasteiger partial charge is 1.00 e. The first-order valence-corrected chi connectivity index (χ1v) is 14.3. The van der Waals surface area contributed by atoms with E-state index in [1.54, 1.807) is 35.1 Å². The fourth-order valence-corrected chi connectivity index (χ4v) is 13.9. The minimum Gasteiger partial charge on any atom is -1.00 e. The molecule has 5 heteroatoms. The van der Waals surface area contributed by atoms with E-state index in [-0.39, 0.29) is 24.8 Å². The maximum atomic E-state index is 7.18. The predicted octanol–water partition coefficient (Wildman–Crippen LogP) is 0.507. The Morgan fingerprint density at radius 1 is 0.793 bits per heavy atom. The molecule has 2 atom stereocenters. The monoisotopic (exact) mass is 529 g/mol. The summed E-state index contributed by atoms with van der Waals surface area (Å²) in [7, 11) is -1.78. The summed E-state index contributed by atoms with van der Waals surface area (Å²) in [6.07, 6.45) is 0. The maximum Gasteiger partial charge on any atom is -1.00 e. The Balaban J connectivity index is 0.00000102. The molecule has 143 valence electrons. The molecule has 0 spiro atoms. The van der Waals surface area contributed by atoms with Crippen molar-refractivity contribution in [2.75, 3.05) is 0 Å². The Morgan fingerprint density at radius 2 is 1.31 bits per heavy atom. The molecule has 0 N–H and O–H groups in total. The number of benzene rings is 3.